The molecule has 1 heterocycles. The zero-order chi connectivity index (χ0) is 21.7. The predicted octanol–water partition coefficient (Wildman–Crippen LogP) is 3.51. The lowest BCUT2D eigenvalue weighted by Crippen LogP contribution is -2.41. The van der Waals surface area contributed by atoms with Gasteiger partial charge in [-0.05, 0) is 49.6 Å². The van der Waals surface area contributed by atoms with E-state index in [-0.39, 0.29) is 17.7 Å². The van der Waals surface area contributed by atoms with Gasteiger partial charge in [0.15, 0.2) is 0 Å². The molecule has 2 aromatic rings. The maximum absolute atomic E-state index is 12.9. The Bertz CT molecular complexity index is 898. The minimum absolute atomic E-state index is 0.0472. The summed E-state index contributed by atoms with van der Waals surface area (Å²) in [4.78, 5) is 27.4. The molecule has 1 saturated heterocycles. The molecule has 0 aromatic heterocycles. The first-order chi connectivity index (χ1) is 14.4. The summed E-state index contributed by atoms with van der Waals surface area (Å²) >= 11 is 0. The summed E-state index contributed by atoms with van der Waals surface area (Å²) in [5, 5.41) is 2.98. The molecule has 7 nitrogen and oxygen atoms in total. The number of hydrogen-bond donors (Lipinski definition) is 1. The molecule has 0 saturated carbocycles. The largest absolute Gasteiger partial charge is 0.497 e. The number of carbonyl (C=O) groups is 2. The van der Waals surface area contributed by atoms with Crippen LogP contribution in [0, 0.1) is 12.8 Å². The normalized spacial score (nSPS) is 14.2. The van der Waals surface area contributed by atoms with Crippen LogP contribution in [0.3, 0.4) is 0 Å². The highest BCUT2D eigenvalue weighted by molar-refractivity contribution is 5.96. The Morgan fingerprint density at radius 1 is 0.933 bits per heavy atom. The third kappa shape index (κ3) is 4.84. The summed E-state index contributed by atoms with van der Waals surface area (Å²) in [5.41, 5.74) is 2.23. The first-order valence-corrected chi connectivity index (χ1v) is 9.93. The first-order valence-electron chi connectivity index (χ1n) is 9.93. The van der Waals surface area contributed by atoms with Crippen molar-refractivity contribution in [2.45, 2.75) is 19.8 Å². The number of piperidine rings is 1. The van der Waals surface area contributed by atoms with Crippen LogP contribution < -0.4 is 19.5 Å². The lowest BCUT2D eigenvalue weighted by molar-refractivity contribution is -0.121. The standard InChI is InChI=1S/C23H28N2O5/c1-15-5-6-21(30-4)20(11-15)24-22(26)16-7-9-25(10-8-16)23(27)17-12-18(28-2)14-19(13-17)29-3/h5-6,11-14,16H,7-10H2,1-4H3,(H,24,26). The van der Waals surface area contributed by atoms with E-state index in [2.05, 4.69) is 5.32 Å². The summed E-state index contributed by atoms with van der Waals surface area (Å²) in [6.45, 7) is 3.00. The van der Waals surface area contributed by atoms with Gasteiger partial charge in [0.05, 0.1) is 27.0 Å². The Morgan fingerprint density at radius 2 is 1.57 bits per heavy atom. The maximum Gasteiger partial charge on any atom is 0.254 e. The van der Waals surface area contributed by atoms with Crippen molar-refractivity contribution in [2.24, 2.45) is 5.92 Å². The zero-order valence-corrected chi connectivity index (χ0v) is 17.9. The van der Waals surface area contributed by atoms with Gasteiger partial charge in [-0.15, -0.1) is 0 Å². The van der Waals surface area contributed by atoms with E-state index in [0.29, 0.717) is 54.4 Å². The van der Waals surface area contributed by atoms with E-state index in [4.69, 9.17) is 14.2 Å². The SMILES string of the molecule is COc1cc(OC)cc(C(=O)N2CCC(C(=O)Nc3cc(C)ccc3OC)CC2)c1. The zero-order valence-electron chi connectivity index (χ0n) is 17.9. The number of likely N-dealkylation sites (tertiary alicyclic amines) is 1. The molecule has 0 spiro atoms. The Balaban J connectivity index is 1.63. The van der Waals surface area contributed by atoms with Crippen molar-refractivity contribution in [2.75, 3.05) is 39.7 Å². The first kappa shape index (κ1) is 21.5. The number of aryl methyl sites for hydroxylation is 1. The van der Waals surface area contributed by atoms with Crippen molar-refractivity contribution in [3.63, 3.8) is 0 Å². The number of nitrogens with one attached hydrogen (secondary N) is 1. The smallest absolute Gasteiger partial charge is 0.254 e. The van der Waals surface area contributed by atoms with Crippen LogP contribution in [-0.4, -0.2) is 51.1 Å². The Labute approximate surface area is 176 Å². The quantitative estimate of drug-likeness (QED) is 0.786. The van der Waals surface area contributed by atoms with E-state index in [9.17, 15) is 9.59 Å². The Kier molecular flexibility index (Phi) is 6.82. The molecular weight excluding hydrogens is 384 g/mol. The van der Waals surface area contributed by atoms with Gasteiger partial charge in [-0.1, -0.05) is 6.07 Å². The van der Waals surface area contributed by atoms with Gasteiger partial charge < -0.3 is 24.4 Å². The average Bonchev–Trinajstić information content (AvgIpc) is 2.78. The van der Waals surface area contributed by atoms with Crippen LogP contribution >= 0.6 is 0 Å². The molecule has 3 rings (SSSR count). The van der Waals surface area contributed by atoms with E-state index in [1.165, 1.54) is 0 Å². The molecule has 0 unspecified atom stereocenters. The Morgan fingerprint density at radius 3 is 2.13 bits per heavy atom. The third-order valence-corrected chi connectivity index (χ3v) is 5.36. The number of carbonyl (C=O) groups excluding carboxylic acids is 2. The van der Waals surface area contributed by atoms with E-state index >= 15 is 0 Å². The average molecular weight is 412 g/mol. The van der Waals surface area contributed by atoms with Gasteiger partial charge in [0.1, 0.15) is 17.2 Å². The molecule has 30 heavy (non-hydrogen) atoms. The molecule has 1 aliphatic heterocycles. The van der Waals surface area contributed by atoms with Crippen LogP contribution in [0.25, 0.3) is 0 Å². The maximum atomic E-state index is 12.9. The van der Waals surface area contributed by atoms with Gasteiger partial charge in [0, 0.05) is 30.6 Å². The molecule has 0 atom stereocenters. The second kappa shape index (κ2) is 9.52. The van der Waals surface area contributed by atoms with Gasteiger partial charge in [-0.25, -0.2) is 0 Å². The molecule has 1 N–H and O–H groups in total. The van der Waals surface area contributed by atoms with Crippen molar-refractivity contribution >= 4 is 17.5 Å². The molecule has 2 aromatic carbocycles. The molecule has 2 amide bonds. The number of anilines is 1. The second-order valence-electron chi connectivity index (χ2n) is 7.36. The number of ether oxygens (including phenoxy) is 3. The van der Waals surface area contributed by atoms with Crippen LogP contribution in [0.5, 0.6) is 17.2 Å². The van der Waals surface area contributed by atoms with E-state index in [1.807, 2.05) is 25.1 Å². The van der Waals surface area contributed by atoms with Crippen LogP contribution in [0.2, 0.25) is 0 Å². The van der Waals surface area contributed by atoms with E-state index in [1.54, 1.807) is 44.4 Å². The lowest BCUT2D eigenvalue weighted by atomic mass is 9.95. The van der Waals surface area contributed by atoms with Crippen LogP contribution in [0.4, 0.5) is 5.69 Å². The lowest BCUT2D eigenvalue weighted by Gasteiger charge is -2.31. The third-order valence-electron chi connectivity index (χ3n) is 5.36. The molecule has 160 valence electrons. The molecule has 0 bridgehead atoms. The van der Waals surface area contributed by atoms with Gasteiger partial charge >= 0.3 is 0 Å². The molecule has 1 aliphatic rings. The molecule has 0 aliphatic carbocycles. The summed E-state index contributed by atoms with van der Waals surface area (Å²) in [6.07, 6.45) is 1.21. The monoisotopic (exact) mass is 412 g/mol. The fourth-order valence-electron chi connectivity index (χ4n) is 3.61. The topological polar surface area (TPSA) is 77.1 Å². The number of nitrogens with zero attached hydrogens (tertiary/aromatic N) is 1. The molecule has 7 heteroatoms. The van der Waals surface area contributed by atoms with Crippen molar-refractivity contribution in [3.8, 4) is 17.2 Å². The minimum Gasteiger partial charge on any atom is -0.497 e. The highest BCUT2D eigenvalue weighted by Crippen LogP contribution is 2.28. The number of hydrogen-bond acceptors (Lipinski definition) is 5. The number of methoxy groups -OCH3 is 3. The van der Waals surface area contributed by atoms with Gasteiger partial charge in [0.25, 0.3) is 5.91 Å². The van der Waals surface area contributed by atoms with Crippen LogP contribution in [0.1, 0.15) is 28.8 Å². The van der Waals surface area contributed by atoms with E-state index < -0.39 is 0 Å². The minimum atomic E-state index is -0.154. The summed E-state index contributed by atoms with van der Waals surface area (Å²) < 4.78 is 15.8. The number of rotatable bonds is 6. The van der Waals surface area contributed by atoms with Crippen molar-refractivity contribution < 1.29 is 23.8 Å². The molecule has 1 fully saturated rings. The van der Waals surface area contributed by atoms with Crippen LogP contribution in [-0.2, 0) is 4.79 Å². The molecule has 0 radical (unpaired) electrons. The fraction of sp³-hybridized carbons (Fsp3) is 0.391. The summed E-state index contributed by atoms with van der Waals surface area (Å²) in [6, 6.07) is 10.8. The molecular formula is C23H28N2O5. The summed E-state index contributed by atoms with van der Waals surface area (Å²) in [5.74, 6) is 1.48. The van der Waals surface area contributed by atoms with Gasteiger partial charge in [-0.2, -0.15) is 0 Å². The number of amides is 2. The Hall–Kier alpha value is -3.22. The van der Waals surface area contributed by atoms with Crippen molar-refractivity contribution in [3.05, 3.63) is 47.5 Å². The fourth-order valence-corrected chi connectivity index (χ4v) is 3.61. The highest BCUT2D eigenvalue weighted by Gasteiger charge is 2.28. The second-order valence-corrected chi connectivity index (χ2v) is 7.36. The van der Waals surface area contributed by atoms with Crippen LogP contribution in [0.15, 0.2) is 36.4 Å². The van der Waals surface area contributed by atoms with Crippen molar-refractivity contribution in [1.82, 2.24) is 4.90 Å². The number of benzene rings is 2. The summed E-state index contributed by atoms with van der Waals surface area (Å²) in [7, 11) is 4.69. The van der Waals surface area contributed by atoms with Crippen molar-refractivity contribution in [1.29, 1.82) is 0 Å². The van der Waals surface area contributed by atoms with Gasteiger partial charge in [0.2, 0.25) is 5.91 Å². The highest BCUT2D eigenvalue weighted by atomic mass is 16.5. The van der Waals surface area contributed by atoms with Gasteiger partial charge in [-0.3, -0.25) is 9.59 Å². The predicted molar refractivity (Wildman–Crippen MR) is 115 cm³/mol. The van der Waals surface area contributed by atoms with E-state index in [0.717, 1.165) is 5.56 Å².